The lowest BCUT2D eigenvalue weighted by Crippen LogP contribution is -2.12. The van der Waals surface area contributed by atoms with Crippen LogP contribution in [0.2, 0.25) is 0 Å². The molecule has 1 aromatic rings. The van der Waals surface area contributed by atoms with Crippen molar-refractivity contribution in [1.29, 1.82) is 0 Å². The molecular weight excluding hydrogens is 268 g/mol. The number of hydrogen-bond acceptors (Lipinski definition) is 5. The van der Waals surface area contributed by atoms with Crippen molar-refractivity contribution < 1.29 is 19.1 Å². The highest BCUT2D eigenvalue weighted by Crippen LogP contribution is 2.10. The number of aldehydes is 1. The van der Waals surface area contributed by atoms with Gasteiger partial charge in [-0.1, -0.05) is 0 Å². The van der Waals surface area contributed by atoms with Gasteiger partial charge in [0.2, 0.25) is 0 Å². The molecule has 0 fully saturated rings. The molecule has 0 atom stereocenters. The molecule has 7 heteroatoms. The molecule has 1 aromatic heterocycles. The molecule has 0 unspecified atom stereocenters. The first-order valence-electron chi connectivity index (χ1n) is 4.05. The summed E-state index contributed by atoms with van der Waals surface area (Å²) in [4.78, 5) is 28.3. The smallest absolute Gasteiger partial charge is 0.359 e. The van der Waals surface area contributed by atoms with Crippen molar-refractivity contribution in [2.24, 2.45) is 0 Å². The predicted molar refractivity (Wildman–Crippen MR) is 53.8 cm³/mol. The Bertz CT molecular complexity index is 364. The van der Waals surface area contributed by atoms with Crippen LogP contribution in [0.1, 0.15) is 21.0 Å². The van der Waals surface area contributed by atoms with Crippen LogP contribution < -0.4 is 0 Å². The normalized spacial score (nSPS) is 10.0. The topological polar surface area (TPSA) is 81.3 Å². The van der Waals surface area contributed by atoms with E-state index >= 15 is 0 Å². The minimum absolute atomic E-state index is 0.0343. The number of aromatic nitrogens is 2. The maximum absolute atomic E-state index is 11.4. The minimum atomic E-state index is -0.656. The molecule has 0 saturated carbocycles. The van der Waals surface area contributed by atoms with Crippen molar-refractivity contribution in [3.63, 3.8) is 0 Å². The fourth-order valence-corrected chi connectivity index (χ4v) is 1.27. The lowest BCUT2D eigenvalue weighted by molar-refractivity contribution is 0.0380. The summed E-state index contributed by atoms with van der Waals surface area (Å²) in [5.41, 5.74) is 0.0530. The third-order valence-corrected chi connectivity index (χ3v) is 1.91. The number of esters is 1. The van der Waals surface area contributed by atoms with Gasteiger partial charge >= 0.3 is 5.97 Å². The van der Waals surface area contributed by atoms with Crippen molar-refractivity contribution >= 4 is 28.2 Å². The third kappa shape index (κ3) is 3.14. The van der Waals surface area contributed by atoms with Gasteiger partial charge in [-0.2, -0.15) is 0 Å². The Balaban J connectivity index is 2.68. The van der Waals surface area contributed by atoms with Crippen molar-refractivity contribution in [3.05, 3.63) is 16.1 Å². The van der Waals surface area contributed by atoms with Gasteiger partial charge in [0.25, 0.3) is 0 Å². The zero-order chi connectivity index (χ0) is 11.3. The Kier molecular flexibility index (Phi) is 4.44. The number of nitrogens with one attached hydrogen (secondary N) is 1. The van der Waals surface area contributed by atoms with Gasteiger partial charge in [0.15, 0.2) is 16.7 Å². The standard InChI is InChI=1S/C8H9BrN2O4/c1-14-2-3-15-7(13)6-5(4-12)10-8(9)11-6/h4H,2-3H2,1H3,(H,10,11). The van der Waals surface area contributed by atoms with Gasteiger partial charge < -0.3 is 14.5 Å². The number of aromatic amines is 1. The molecule has 0 amide bonds. The first-order chi connectivity index (χ1) is 7.19. The SMILES string of the molecule is COCCOC(=O)c1nc(Br)[nH]c1C=O. The summed E-state index contributed by atoms with van der Waals surface area (Å²) in [6.45, 7) is 0.422. The highest BCUT2D eigenvalue weighted by atomic mass is 79.9. The molecule has 0 spiro atoms. The molecule has 1 heterocycles. The molecule has 82 valence electrons. The van der Waals surface area contributed by atoms with E-state index in [-0.39, 0.29) is 18.0 Å². The second kappa shape index (κ2) is 5.62. The quantitative estimate of drug-likeness (QED) is 0.489. The number of hydrogen-bond donors (Lipinski definition) is 1. The van der Waals surface area contributed by atoms with Crippen LogP contribution in [0.4, 0.5) is 0 Å². The summed E-state index contributed by atoms with van der Waals surface area (Å²) in [5.74, 6) is -0.656. The van der Waals surface area contributed by atoms with Crippen LogP contribution in [0.5, 0.6) is 0 Å². The van der Waals surface area contributed by atoms with Crippen LogP contribution in [0.15, 0.2) is 4.73 Å². The molecule has 0 aromatic carbocycles. The van der Waals surface area contributed by atoms with Crippen LogP contribution in [-0.4, -0.2) is 42.5 Å². The Hall–Kier alpha value is -1.21. The predicted octanol–water partition coefficient (Wildman–Crippen LogP) is 0.788. The van der Waals surface area contributed by atoms with Crippen molar-refractivity contribution in [2.75, 3.05) is 20.3 Å². The van der Waals surface area contributed by atoms with Crippen LogP contribution in [0.25, 0.3) is 0 Å². The molecular formula is C8H9BrN2O4. The van der Waals surface area contributed by atoms with E-state index in [2.05, 4.69) is 25.9 Å². The van der Waals surface area contributed by atoms with E-state index < -0.39 is 5.97 Å². The highest BCUT2D eigenvalue weighted by Gasteiger charge is 2.17. The Morgan fingerprint density at radius 3 is 2.93 bits per heavy atom. The summed E-state index contributed by atoms with van der Waals surface area (Å²) < 4.78 is 9.81. The van der Waals surface area contributed by atoms with E-state index in [0.29, 0.717) is 17.6 Å². The molecule has 15 heavy (non-hydrogen) atoms. The maximum atomic E-state index is 11.4. The summed E-state index contributed by atoms with van der Waals surface area (Å²) in [6.07, 6.45) is 0.505. The van der Waals surface area contributed by atoms with Gasteiger partial charge in [-0.05, 0) is 15.9 Å². The summed E-state index contributed by atoms with van der Waals surface area (Å²) >= 11 is 3.02. The van der Waals surface area contributed by atoms with E-state index in [1.54, 1.807) is 0 Å². The maximum Gasteiger partial charge on any atom is 0.359 e. The summed E-state index contributed by atoms with van der Waals surface area (Å²) in [5, 5.41) is 0. The number of nitrogens with zero attached hydrogens (tertiary/aromatic N) is 1. The Labute approximate surface area is 94.1 Å². The van der Waals surface area contributed by atoms with Gasteiger partial charge in [0.1, 0.15) is 12.3 Å². The number of H-pyrrole nitrogens is 1. The minimum Gasteiger partial charge on any atom is -0.458 e. The van der Waals surface area contributed by atoms with E-state index in [0.717, 1.165) is 0 Å². The number of ether oxygens (including phenoxy) is 2. The largest absolute Gasteiger partial charge is 0.458 e. The monoisotopic (exact) mass is 276 g/mol. The van der Waals surface area contributed by atoms with E-state index in [1.165, 1.54) is 7.11 Å². The second-order valence-electron chi connectivity index (χ2n) is 2.54. The molecule has 0 aliphatic heterocycles. The van der Waals surface area contributed by atoms with Gasteiger partial charge in [-0.3, -0.25) is 4.79 Å². The van der Waals surface area contributed by atoms with Crippen molar-refractivity contribution in [2.45, 2.75) is 0 Å². The molecule has 1 rings (SSSR count). The Morgan fingerprint density at radius 2 is 2.33 bits per heavy atom. The molecule has 0 radical (unpaired) electrons. The zero-order valence-electron chi connectivity index (χ0n) is 7.95. The number of halogens is 1. The summed E-state index contributed by atoms with van der Waals surface area (Å²) in [7, 11) is 1.50. The fraction of sp³-hybridized carbons (Fsp3) is 0.375. The van der Waals surface area contributed by atoms with Crippen molar-refractivity contribution in [1.82, 2.24) is 9.97 Å². The van der Waals surface area contributed by atoms with Crippen LogP contribution in [0.3, 0.4) is 0 Å². The first-order valence-corrected chi connectivity index (χ1v) is 4.85. The van der Waals surface area contributed by atoms with Crippen LogP contribution in [-0.2, 0) is 9.47 Å². The molecule has 0 aliphatic carbocycles. The molecule has 6 nitrogen and oxygen atoms in total. The first kappa shape index (κ1) is 11.9. The molecule has 0 aliphatic rings. The molecule has 1 N–H and O–H groups in total. The lowest BCUT2D eigenvalue weighted by atomic mass is 10.3. The van der Waals surface area contributed by atoms with E-state index in [4.69, 9.17) is 9.47 Å². The molecule has 0 bridgehead atoms. The molecule has 0 saturated heterocycles. The van der Waals surface area contributed by atoms with Crippen LogP contribution in [0, 0.1) is 0 Å². The Morgan fingerprint density at radius 1 is 1.60 bits per heavy atom. The number of imidazole rings is 1. The summed E-state index contributed by atoms with van der Waals surface area (Å²) in [6, 6.07) is 0. The van der Waals surface area contributed by atoms with Crippen LogP contribution >= 0.6 is 15.9 Å². The number of carbonyl (C=O) groups excluding carboxylic acids is 2. The van der Waals surface area contributed by atoms with Gasteiger partial charge in [-0.25, -0.2) is 9.78 Å². The number of rotatable bonds is 5. The number of methoxy groups -OCH3 is 1. The van der Waals surface area contributed by atoms with Gasteiger partial charge in [-0.15, -0.1) is 0 Å². The third-order valence-electron chi connectivity index (χ3n) is 1.53. The van der Waals surface area contributed by atoms with Crippen molar-refractivity contribution in [3.8, 4) is 0 Å². The highest BCUT2D eigenvalue weighted by molar-refractivity contribution is 9.10. The average Bonchev–Trinajstić information content (AvgIpc) is 2.60. The second-order valence-corrected chi connectivity index (χ2v) is 3.29. The van der Waals surface area contributed by atoms with E-state index in [9.17, 15) is 9.59 Å². The zero-order valence-corrected chi connectivity index (χ0v) is 9.54. The van der Waals surface area contributed by atoms with Gasteiger partial charge in [0, 0.05) is 7.11 Å². The fourth-order valence-electron chi connectivity index (χ4n) is 0.884. The lowest BCUT2D eigenvalue weighted by Gasteiger charge is -2.01. The average molecular weight is 277 g/mol. The number of carbonyl (C=O) groups is 2. The van der Waals surface area contributed by atoms with E-state index in [1.807, 2.05) is 0 Å². The van der Waals surface area contributed by atoms with Gasteiger partial charge in [0.05, 0.1) is 6.61 Å².